The number of carboxylic acids is 2. The minimum absolute atomic E-state index is 0.117. The van der Waals surface area contributed by atoms with Crippen LogP contribution >= 0.6 is 0 Å². The van der Waals surface area contributed by atoms with Gasteiger partial charge in [0.1, 0.15) is 11.3 Å². The van der Waals surface area contributed by atoms with Gasteiger partial charge in [0.2, 0.25) is 0 Å². The van der Waals surface area contributed by atoms with E-state index in [2.05, 4.69) is 15.6 Å². The molecule has 3 N–H and O–H groups in total. The van der Waals surface area contributed by atoms with Crippen LogP contribution in [0.1, 0.15) is 57.4 Å². The van der Waals surface area contributed by atoms with Gasteiger partial charge in [-0.2, -0.15) is 0 Å². The number of carboxylic acid groups (broad SMARTS) is 2. The van der Waals surface area contributed by atoms with E-state index in [1.54, 1.807) is 36.0 Å². The molecule has 0 spiro atoms. The molecule has 2 atom stereocenters. The molecule has 4 rings (SSSR count). The van der Waals surface area contributed by atoms with Crippen molar-refractivity contribution in [2.24, 2.45) is 7.05 Å². The highest BCUT2D eigenvalue weighted by Crippen LogP contribution is 2.34. The van der Waals surface area contributed by atoms with Crippen LogP contribution in [0.4, 0.5) is 0 Å². The van der Waals surface area contributed by atoms with E-state index < -0.39 is 29.9 Å². The summed E-state index contributed by atoms with van der Waals surface area (Å²) in [6.45, 7) is 5.41. The minimum Gasteiger partial charge on any atom is -0.481 e. The lowest BCUT2D eigenvalue weighted by molar-refractivity contribution is -0.144. The van der Waals surface area contributed by atoms with E-state index in [1.165, 1.54) is 6.92 Å². The van der Waals surface area contributed by atoms with Gasteiger partial charge in [0.25, 0.3) is 5.91 Å². The number of carbonyl (C=O) groups is 3. The molecule has 0 aliphatic carbocycles. The number of para-hydroxylation sites is 1. The molecule has 0 radical (unpaired) electrons. The lowest BCUT2D eigenvalue weighted by Crippen LogP contribution is -2.27. The van der Waals surface area contributed by atoms with Crippen LogP contribution in [-0.2, 0) is 23.2 Å². The number of nitrogens with zero attached hydrogens (tertiary/aromatic N) is 3. The summed E-state index contributed by atoms with van der Waals surface area (Å²) >= 11 is 0. The van der Waals surface area contributed by atoms with Crippen molar-refractivity contribution in [1.82, 2.24) is 20.3 Å². The van der Waals surface area contributed by atoms with Gasteiger partial charge >= 0.3 is 11.9 Å². The molecule has 0 aliphatic heterocycles. The van der Waals surface area contributed by atoms with Crippen molar-refractivity contribution in [3.05, 3.63) is 88.0 Å². The van der Waals surface area contributed by atoms with E-state index in [1.807, 2.05) is 44.2 Å². The first-order valence-electron chi connectivity index (χ1n) is 12.4. The van der Waals surface area contributed by atoms with Crippen molar-refractivity contribution >= 4 is 28.9 Å². The Morgan fingerprint density at radius 3 is 2.51 bits per heavy atom. The molecular weight excluding hydrogens is 500 g/mol. The number of hydrogen-bond acceptors (Lipinski definition) is 6. The number of nitrogens with one attached hydrogen (secondary N) is 1. The van der Waals surface area contributed by atoms with Gasteiger partial charge in [0, 0.05) is 19.5 Å². The van der Waals surface area contributed by atoms with Crippen LogP contribution in [0, 0.1) is 13.8 Å². The van der Waals surface area contributed by atoms with Crippen molar-refractivity contribution < 1.29 is 29.3 Å². The number of benzene rings is 3. The minimum atomic E-state index is -1.14. The molecule has 10 heteroatoms. The largest absolute Gasteiger partial charge is 0.481 e. The Morgan fingerprint density at radius 2 is 1.79 bits per heavy atom. The second kappa shape index (κ2) is 11.3. The summed E-state index contributed by atoms with van der Waals surface area (Å²) in [6.07, 6.45) is -1.23. The zero-order chi connectivity index (χ0) is 28.3. The predicted molar refractivity (Wildman–Crippen MR) is 144 cm³/mol. The highest BCUT2D eigenvalue weighted by molar-refractivity contribution is 5.97. The van der Waals surface area contributed by atoms with Crippen LogP contribution in [0.2, 0.25) is 0 Å². The lowest BCUT2D eigenvalue weighted by Gasteiger charge is -2.20. The van der Waals surface area contributed by atoms with Gasteiger partial charge in [-0.25, -0.2) is 9.48 Å². The van der Waals surface area contributed by atoms with Gasteiger partial charge in [-0.3, -0.25) is 9.59 Å². The lowest BCUT2D eigenvalue weighted by atomic mass is 9.84. The second-order valence-electron chi connectivity index (χ2n) is 9.47. The summed E-state index contributed by atoms with van der Waals surface area (Å²) in [4.78, 5) is 36.1. The standard InChI is InChI=1S/C29H30N4O6/c1-16-9-10-19(23(14-26(34)35)21-11-12-24-27(17(21)2)31-32-33(24)4)13-20(16)15-30-28(36)22-7-5-6-8-25(22)39-18(3)29(37)38/h5-13,18,23H,14-15H2,1-4H3,(H,30,36)(H,34,35)(H,37,38). The van der Waals surface area contributed by atoms with Crippen molar-refractivity contribution in [2.45, 2.75) is 45.8 Å². The summed E-state index contributed by atoms with van der Waals surface area (Å²) in [5, 5.41) is 30.1. The Labute approximate surface area is 225 Å². The fourth-order valence-electron chi connectivity index (χ4n) is 4.58. The molecule has 1 aromatic heterocycles. The highest BCUT2D eigenvalue weighted by Gasteiger charge is 2.23. The quantitative estimate of drug-likeness (QED) is 0.279. The SMILES string of the molecule is Cc1ccc(C(CC(=O)O)c2ccc3c(nnn3C)c2C)cc1CNC(=O)c1ccccc1OC(C)C(=O)O. The topological polar surface area (TPSA) is 144 Å². The van der Waals surface area contributed by atoms with Crippen molar-refractivity contribution in [3.63, 3.8) is 0 Å². The molecule has 0 fully saturated rings. The number of fused-ring (bicyclic) bond motifs is 1. The first kappa shape index (κ1) is 27.3. The van der Waals surface area contributed by atoms with Gasteiger partial charge in [-0.05, 0) is 66.8 Å². The molecule has 0 saturated heterocycles. The van der Waals surface area contributed by atoms with Crippen molar-refractivity contribution in [3.8, 4) is 5.75 Å². The Bertz CT molecular complexity index is 1560. The van der Waals surface area contributed by atoms with E-state index in [0.717, 1.165) is 38.9 Å². The molecule has 4 aromatic rings. The van der Waals surface area contributed by atoms with Gasteiger partial charge in [0.05, 0.1) is 17.5 Å². The average molecular weight is 531 g/mol. The molecule has 2 unspecified atom stereocenters. The maximum absolute atomic E-state index is 13.0. The smallest absolute Gasteiger partial charge is 0.344 e. The van der Waals surface area contributed by atoms with E-state index >= 15 is 0 Å². The van der Waals surface area contributed by atoms with Crippen molar-refractivity contribution in [1.29, 1.82) is 0 Å². The van der Waals surface area contributed by atoms with Crippen LogP contribution in [0.5, 0.6) is 5.75 Å². The van der Waals surface area contributed by atoms with Crippen LogP contribution in [-0.4, -0.2) is 49.2 Å². The molecule has 0 saturated carbocycles. The number of hydrogen-bond donors (Lipinski definition) is 3. The second-order valence-corrected chi connectivity index (χ2v) is 9.47. The number of amides is 1. The molecular formula is C29H30N4O6. The van der Waals surface area contributed by atoms with Crippen LogP contribution in [0.25, 0.3) is 11.0 Å². The number of carbonyl (C=O) groups excluding carboxylic acids is 1. The van der Waals surface area contributed by atoms with Gasteiger partial charge in [-0.1, -0.05) is 41.6 Å². The number of ether oxygens (including phenoxy) is 1. The Hall–Kier alpha value is -4.73. The van der Waals surface area contributed by atoms with Gasteiger partial charge in [0.15, 0.2) is 6.10 Å². The third-order valence-corrected chi connectivity index (χ3v) is 6.83. The zero-order valence-corrected chi connectivity index (χ0v) is 22.1. The Kier molecular flexibility index (Phi) is 7.94. The highest BCUT2D eigenvalue weighted by atomic mass is 16.5. The van der Waals surface area contributed by atoms with E-state index in [0.29, 0.717) is 0 Å². The summed E-state index contributed by atoms with van der Waals surface area (Å²) < 4.78 is 7.13. The average Bonchev–Trinajstić information content (AvgIpc) is 3.28. The molecule has 39 heavy (non-hydrogen) atoms. The summed E-state index contributed by atoms with van der Waals surface area (Å²) in [5.74, 6) is -2.75. The van der Waals surface area contributed by atoms with E-state index in [9.17, 15) is 19.5 Å². The summed E-state index contributed by atoms with van der Waals surface area (Å²) in [5.41, 5.74) is 6.08. The van der Waals surface area contributed by atoms with Crippen LogP contribution in [0.3, 0.4) is 0 Å². The molecule has 0 bridgehead atoms. The first-order chi connectivity index (χ1) is 18.6. The number of aryl methyl sites for hydroxylation is 3. The molecule has 202 valence electrons. The normalized spacial score (nSPS) is 12.6. The van der Waals surface area contributed by atoms with E-state index in [-0.39, 0.29) is 24.3 Å². The maximum Gasteiger partial charge on any atom is 0.344 e. The Morgan fingerprint density at radius 1 is 1.05 bits per heavy atom. The number of aliphatic carboxylic acids is 2. The number of aromatic nitrogens is 3. The third kappa shape index (κ3) is 5.90. The molecule has 1 heterocycles. The molecule has 10 nitrogen and oxygen atoms in total. The fraction of sp³-hybridized carbons (Fsp3) is 0.276. The zero-order valence-electron chi connectivity index (χ0n) is 22.1. The van der Waals surface area contributed by atoms with Gasteiger partial charge < -0.3 is 20.3 Å². The maximum atomic E-state index is 13.0. The summed E-state index contributed by atoms with van der Waals surface area (Å²) in [6, 6.07) is 16.0. The fourth-order valence-corrected chi connectivity index (χ4v) is 4.58. The molecule has 3 aromatic carbocycles. The van der Waals surface area contributed by atoms with Crippen LogP contribution in [0.15, 0.2) is 54.6 Å². The predicted octanol–water partition coefficient (Wildman–Crippen LogP) is 3.97. The van der Waals surface area contributed by atoms with Gasteiger partial charge in [-0.15, -0.1) is 5.10 Å². The number of rotatable bonds is 10. The molecule has 0 aliphatic rings. The first-order valence-corrected chi connectivity index (χ1v) is 12.4. The molecule has 1 amide bonds. The van der Waals surface area contributed by atoms with E-state index in [4.69, 9.17) is 9.84 Å². The summed E-state index contributed by atoms with van der Waals surface area (Å²) in [7, 11) is 1.81. The monoisotopic (exact) mass is 530 g/mol. The van der Waals surface area contributed by atoms with Crippen LogP contribution < -0.4 is 10.1 Å². The van der Waals surface area contributed by atoms with Crippen molar-refractivity contribution in [2.75, 3.05) is 0 Å². The third-order valence-electron chi connectivity index (χ3n) is 6.83. The Balaban J connectivity index is 1.61.